The number of nitrogens with zero attached hydrogens (tertiary/aromatic N) is 1. The third-order valence-corrected chi connectivity index (χ3v) is 7.48. The molecule has 196 valence electrons. The average molecular weight is 578 g/mol. The van der Waals surface area contributed by atoms with E-state index in [0.717, 1.165) is 17.7 Å². The molecule has 0 aliphatic carbocycles. The number of rotatable bonds is 8. The lowest BCUT2D eigenvalue weighted by Crippen LogP contribution is -2.46. The van der Waals surface area contributed by atoms with Gasteiger partial charge in [0.1, 0.15) is 6.04 Å². The highest BCUT2D eigenvalue weighted by Crippen LogP contribution is 2.35. The number of halogens is 5. The van der Waals surface area contributed by atoms with Crippen LogP contribution in [-0.4, -0.2) is 27.9 Å². The van der Waals surface area contributed by atoms with Gasteiger partial charge in [-0.1, -0.05) is 65.7 Å². The minimum absolute atomic E-state index is 0.0407. The highest BCUT2D eigenvalue weighted by molar-refractivity contribution is 7.15. The molecule has 0 fully saturated rings. The molecule has 1 atom stereocenters. The fourth-order valence-corrected chi connectivity index (χ4v) is 5.44. The van der Waals surface area contributed by atoms with E-state index in [1.807, 2.05) is 0 Å². The van der Waals surface area contributed by atoms with Gasteiger partial charge >= 0.3 is 12.1 Å². The van der Waals surface area contributed by atoms with Gasteiger partial charge in [0.25, 0.3) is 5.91 Å². The third kappa shape index (κ3) is 6.56. The van der Waals surface area contributed by atoms with Crippen molar-refractivity contribution in [2.75, 3.05) is 0 Å². The molecule has 4 rings (SSSR count). The van der Waals surface area contributed by atoms with Gasteiger partial charge in [0.05, 0.1) is 22.7 Å². The first kappa shape index (κ1) is 27.7. The highest BCUT2D eigenvalue weighted by atomic mass is 35.5. The van der Waals surface area contributed by atoms with Crippen LogP contribution in [0.5, 0.6) is 0 Å². The number of carboxylic acids is 1. The van der Waals surface area contributed by atoms with E-state index in [1.54, 1.807) is 48.5 Å². The molecule has 1 amide bonds. The number of carbonyl (C=O) groups excluding carboxylic acids is 1. The molecule has 1 heterocycles. The lowest BCUT2D eigenvalue weighted by Gasteiger charge is -2.29. The van der Waals surface area contributed by atoms with Gasteiger partial charge in [-0.15, -0.1) is 11.3 Å². The molecule has 0 radical (unpaired) electrons. The zero-order valence-corrected chi connectivity index (χ0v) is 21.9. The van der Waals surface area contributed by atoms with Crippen molar-refractivity contribution in [2.45, 2.75) is 25.2 Å². The maximum absolute atomic E-state index is 13.7. The van der Waals surface area contributed by atoms with Gasteiger partial charge < -0.3 is 10.0 Å². The molecule has 0 unspecified atom stereocenters. The van der Waals surface area contributed by atoms with E-state index in [-0.39, 0.29) is 23.6 Å². The van der Waals surface area contributed by atoms with Crippen LogP contribution in [0.3, 0.4) is 0 Å². The molecule has 0 aliphatic heterocycles. The summed E-state index contributed by atoms with van der Waals surface area (Å²) in [6.07, 6.45) is -4.44. The second kappa shape index (κ2) is 11.6. The molecule has 0 spiro atoms. The van der Waals surface area contributed by atoms with Crippen molar-refractivity contribution >= 4 is 46.4 Å². The average Bonchev–Trinajstić information content (AvgIpc) is 3.34. The summed E-state index contributed by atoms with van der Waals surface area (Å²) in [6.45, 7) is -0.0920. The number of carbonyl (C=O) groups is 2. The standard InChI is InChI=1S/C28H20Cl2F3NO3S/c29-20-9-11-22(23(30)15-20)26(35)34(24(27(36)37)13-17-5-2-1-3-6-17)16-21-10-12-25(38-21)18-7-4-8-19(14-18)28(31,32)33/h1-12,14-15,24H,13,16H2,(H,36,37)/t24-/m0/s1. The minimum atomic E-state index is -4.48. The summed E-state index contributed by atoms with van der Waals surface area (Å²) in [7, 11) is 0. The van der Waals surface area contributed by atoms with Crippen LogP contribution in [0, 0.1) is 0 Å². The molecule has 1 N–H and O–H groups in total. The fraction of sp³-hybridized carbons (Fsp3) is 0.143. The Morgan fingerprint density at radius 3 is 2.32 bits per heavy atom. The summed E-state index contributed by atoms with van der Waals surface area (Å²) in [4.78, 5) is 28.4. The Morgan fingerprint density at radius 1 is 0.921 bits per heavy atom. The molecular formula is C28H20Cl2F3NO3S. The number of benzene rings is 3. The quantitative estimate of drug-likeness (QED) is 0.230. The second-order valence-electron chi connectivity index (χ2n) is 8.45. The topological polar surface area (TPSA) is 57.6 Å². The number of aliphatic carboxylic acids is 1. The maximum atomic E-state index is 13.7. The third-order valence-electron chi connectivity index (χ3n) is 5.82. The Labute approximate surface area is 230 Å². The molecule has 10 heteroatoms. The van der Waals surface area contributed by atoms with Crippen molar-refractivity contribution in [3.63, 3.8) is 0 Å². The van der Waals surface area contributed by atoms with E-state index in [2.05, 4.69) is 0 Å². The van der Waals surface area contributed by atoms with Crippen molar-refractivity contribution in [3.8, 4) is 10.4 Å². The predicted molar refractivity (Wildman–Crippen MR) is 143 cm³/mol. The number of hydrogen-bond donors (Lipinski definition) is 1. The molecule has 4 aromatic rings. The minimum Gasteiger partial charge on any atom is -0.480 e. The smallest absolute Gasteiger partial charge is 0.416 e. The summed E-state index contributed by atoms with van der Waals surface area (Å²) in [5, 5.41) is 10.5. The Balaban J connectivity index is 1.70. The Bertz CT molecular complexity index is 1460. The van der Waals surface area contributed by atoms with Crippen LogP contribution in [0.4, 0.5) is 13.2 Å². The van der Waals surface area contributed by atoms with Crippen LogP contribution in [0.25, 0.3) is 10.4 Å². The summed E-state index contributed by atoms with van der Waals surface area (Å²) in [5.41, 5.74) is 0.405. The van der Waals surface area contributed by atoms with E-state index in [4.69, 9.17) is 23.2 Å². The van der Waals surface area contributed by atoms with Gasteiger partial charge in [-0.25, -0.2) is 4.79 Å². The molecule has 4 nitrogen and oxygen atoms in total. The van der Waals surface area contributed by atoms with Crippen LogP contribution in [0.1, 0.15) is 26.4 Å². The van der Waals surface area contributed by atoms with Crippen LogP contribution in [0.2, 0.25) is 10.0 Å². The molecular weight excluding hydrogens is 558 g/mol. The lowest BCUT2D eigenvalue weighted by molar-refractivity contribution is -0.142. The van der Waals surface area contributed by atoms with Crippen LogP contribution >= 0.6 is 34.5 Å². The van der Waals surface area contributed by atoms with Gasteiger partial charge in [-0.3, -0.25) is 4.79 Å². The summed E-state index contributed by atoms with van der Waals surface area (Å²) < 4.78 is 39.6. The number of amides is 1. The highest BCUT2D eigenvalue weighted by Gasteiger charge is 2.33. The van der Waals surface area contributed by atoms with E-state index >= 15 is 0 Å². The van der Waals surface area contributed by atoms with E-state index < -0.39 is 29.7 Å². The first-order valence-corrected chi connectivity index (χ1v) is 12.9. The van der Waals surface area contributed by atoms with E-state index in [1.165, 1.54) is 40.5 Å². The molecule has 0 saturated carbocycles. The zero-order chi connectivity index (χ0) is 27.4. The lowest BCUT2D eigenvalue weighted by atomic mass is 10.0. The Hall–Kier alpha value is -3.33. The van der Waals surface area contributed by atoms with Gasteiger partial charge in [0.2, 0.25) is 0 Å². The van der Waals surface area contributed by atoms with Crippen LogP contribution < -0.4 is 0 Å². The van der Waals surface area contributed by atoms with Crippen molar-refractivity contribution in [1.29, 1.82) is 0 Å². The zero-order valence-electron chi connectivity index (χ0n) is 19.6. The molecule has 0 saturated heterocycles. The first-order valence-electron chi connectivity index (χ1n) is 11.3. The van der Waals surface area contributed by atoms with Crippen molar-refractivity contribution < 1.29 is 27.9 Å². The number of thiophene rings is 1. The van der Waals surface area contributed by atoms with E-state index in [9.17, 15) is 27.9 Å². The number of hydrogen-bond acceptors (Lipinski definition) is 3. The van der Waals surface area contributed by atoms with Gasteiger partial charge in [0, 0.05) is 21.2 Å². The van der Waals surface area contributed by atoms with Crippen molar-refractivity contribution in [2.24, 2.45) is 0 Å². The summed E-state index contributed by atoms with van der Waals surface area (Å²) in [5.74, 6) is -1.81. The molecule has 0 aliphatic rings. The van der Waals surface area contributed by atoms with Gasteiger partial charge in [0.15, 0.2) is 0 Å². The number of alkyl halides is 3. The van der Waals surface area contributed by atoms with Gasteiger partial charge in [-0.2, -0.15) is 13.2 Å². The fourth-order valence-electron chi connectivity index (χ4n) is 3.94. The molecule has 0 bridgehead atoms. The first-order chi connectivity index (χ1) is 18.0. The normalized spacial score (nSPS) is 12.2. The predicted octanol–water partition coefficient (Wildman–Crippen LogP) is 8.08. The van der Waals surface area contributed by atoms with Crippen molar-refractivity contribution in [1.82, 2.24) is 4.90 Å². The monoisotopic (exact) mass is 577 g/mol. The second-order valence-corrected chi connectivity index (χ2v) is 10.5. The van der Waals surface area contributed by atoms with Gasteiger partial charge in [-0.05, 0) is 53.6 Å². The SMILES string of the molecule is O=C(O)[C@H](Cc1ccccc1)N(Cc1ccc(-c2cccc(C(F)(F)F)c2)s1)C(=O)c1ccc(Cl)cc1Cl. The Kier molecular flexibility index (Phi) is 8.45. The van der Waals surface area contributed by atoms with Crippen LogP contribution in [-0.2, 0) is 23.9 Å². The Morgan fingerprint density at radius 2 is 1.66 bits per heavy atom. The molecule has 1 aromatic heterocycles. The molecule has 3 aromatic carbocycles. The van der Waals surface area contributed by atoms with Crippen molar-refractivity contribution in [3.05, 3.63) is 117 Å². The molecule has 38 heavy (non-hydrogen) atoms. The maximum Gasteiger partial charge on any atom is 0.416 e. The largest absolute Gasteiger partial charge is 0.480 e. The number of carboxylic acid groups (broad SMARTS) is 1. The van der Waals surface area contributed by atoms with E-state index in [0.29, 0.717) is 20.3 Å². The summed E-state index contributed by atoms with van der Waals surface area (Å²) in [6, 6.07) is 20.2. The summed E-state index contributed by atoms with van der Waals surface area (Å²) >= 11 is 13.4. The van der Waals surface area contributed by atoms with Crippen LogP contribution in [0.15, 0.2) is 84.9 Å².